The van der Waals surface area contributed by atoms with Crippen molar-refractivity contribution in [3.63, 3.8) is 0 Å². The topological polar surface area (TPSA) is 83.0 Å². The van der Waals surface area contributed by atoms with Gasteiger partial charge < -0.3 is 15.0 Å². The number of rotatable bonds is 10. The molecule has 0 aliphatic heterocycles. The number of benzene rings is 1. The van der Waals surface area contributed by atoms with E-state index in [2.05, 4.69) is 15.0 Å². The Morgan fingerprint density at radius 2 is 1.88 bits per heavy atom. The zero-order valence-electron chi connectivity index (χ0n) is 15.6. The molecule has 0 saturated heterocycles. The van der Waals surface area contributed by atoms with Gasteiger partial charge in [0.05, 0.1) is 12.4 Å². The Morgan fingerprint density at radius 1 is 1.20 bits per heavy atom. The highest BCUT2D eigenvalue weighted by Crippen LogP contribution is 2.13. The minimum atomic E-state index is -3.12. The monoisotopic (exact) mass is 370 g/mol. The Labute approximate surface area is 151 Å². The molecule has 0 unspecified atom stereocenters. The van der Waals surface area contributed by atoms with Gasteiger partial charge >= 0.3 is 0 Å². The number of nitrogens with one attached hydrogen (secondary N) is 2. The SMILES string of the molecule is CCOc1ccc(CN(C)C(=NC)NCCCNS(=O)(=O)CC)cc1. The minimum absolute atomic E-state index is 0.104. The zero-order valence-corrected chi connectivity index (χ0v) is 16.4. The molecule has 25 heavy (non-hydrogen) atoms. The Kier molecular flexibility index (Phi) is 9.30. The van der Waals surface area contributed by atoms with Crippen molar-refractivity contribution in [2.45, 2.75) is 26.8 Å². The van der Waals surface area contributed by atoms with Crippen LogP contribution in [0.4, 0.5) is 0 Å². The van der Waals surface area contributed by atoms with E-state index in [1.165, 1.54) is 0 Å². The van der Waals surface area contributed by atoms with E-state index in [4.69, 9.17) is 4.74 Å². The quantitative estimate of drug-likeness (QED) is 0.370. The number of nitrogens with zero attached hydrogens (tertiary/aromatic N) is 2. The Balaban J connectivity index is 2.40. The molecule has 0 atom stereocenters. The molecule has 0 fully saturated rings. The summed E-state index contributed by atoms with van der Waals surface area (Å²) in [6.07, 6.45) is 0.690. The molecule has 1 rings (SSSR count). The standard InChI is InChI=1S/C17H30N4O3S/c1-5-24-16-10-8-15(9-11-16)14-21(4)17(18-3)19-12-7-13-20-25(22,23)6-2/h8-11,20H,5-7,12-14H2,1-4H3,(H,18,19). The van der Waals surface area contributed by atoms with E-state index in [-0.39, 0.29) is 5.75 Å². The van der Waals surface area contributed by atoms with Crippen LogP contribution in [0.2, 0.25) is 0 Å². The third kappa shape index (κ3) is 8.22. The van der Waals surface area contributed by atoms with Crippen LogP contribution in [0.5, 0.6) is 5.75 Å². The van der Waals surface area contributed by atoms with Gasteiger partial charge in [-0.2, -0.15) is 0 Å². The molecular weight excluding hydrogens is 340 g/mol. The lowest BCUT2D eigenvalue weighted by Gasteiger charge is -2.22. The lowest BCUT2D eigenvalue weighted by Crippen LogP contribution is -2.39. The second kappa shape index (κ2) is 10.9. The molecule has 142 valence electrons. The predicted octanol–water partition coefficient (Wildman–Crippen LogP) is 1.42. The van der Waals surface area contributed by atoms with Crippen LogP contribution in [0.25, 0.3) is 0 Å². The average molecular weight is 371 g/mol. The summed E-state index contributed by atoms with van der Waals surface area (Å²) in [6.45, 7) is 6.02. The first kappa shape index (κ1) is 21.2. The van der Waals surface area contributed by atoms with Crippen molar-refractivity contribution < 1.29 is 13.2 Å². The van der Waals surface area contributed by atoms with Gasteiger partial charge in [-0.05, 0) is 38.0 Å². The molecule has 0 bridgehead atoms. The fraction of sp³-hybridized carbons (Fsp3) is 0.588. The van der Waals surface area contributed by atoms with E-state index in [1.807, 2.05) is 43.1 Å². The number of ether oxygens (including phenoxy) is 1. The average Bonchev–Trinajstić information content (AvgIpc) is 2.60. The molecule has 0 aliphatic rings. The van der Waals surface area contributed by atoms with Crippen LogP contribution in [0.1, 0.15) is 25.8 Å². The van der Waals surface area contributed by atoms with Gasteiger partial charge in [0.1, 0.15) is 5.75 Å². The summed E-state index contributed by atoms with van der Waals surface area (Å²) in [4.78, 5) is 6.28. The van der Waals surface area contributed by atoms with Crippen molar-refractivity contribution in [2.24, 2.45) is 4.99 Å². The van der Waals surface area contributed by atoms with Crippen LogP contribution in [0, 0.1) is 0 Å². The van der Waals surface area contributed by atoms with Gasteiger partial charge in [-0.1, -0.05) is 12.1 Å². The number of sulfonamides is 1. The lowest BCUT2D eigenvalue weighted by atomic mass is 10.2. The van der Waals surface area contributed by atoms with Crippen molar-refractivity contribution in [3.8, 4) is 5.75 Å². The van der Waals surface area contributed by atoms with Crippen LogP contribution < -0.4 is 14.8 Å². The fourth-order valence-corrected chi connectivity index (χ4v) is 2.87. The maximum absolute atomic E-state index is 11.4. The second-order valence-corrected chi connectivity index (χ2v) is 7.65. The molecule has 0 radical (unpaired) electrons. The van der Waals surface area contributed by atoms with Crippen LogP contribution in [-0.2, 0) is 16.6 Å². The predicted molar refractivity (Wildman–Crippen MR) is 103 cm³/mol. The lowest BCUT2D eigenvalue weighted by molar-refractivity contribution is 0.340. The molecule has 0 aliphatic carbocycles. The molecule has 0 spiro atoms. The summed E-state index contributed by atoms with van der Waals surface area (Å²) < 4.78 is 30.7. The summed E-state index contributed by atoms with van der Waals surface area (Å²) in [6, 6.07) is 7.99. The highest BCUT2D eigenvalue weighted by Gasteiger charge is 2.08. The maximum Gasteiger partial charge on any atom is 0.211 e. The van der Waals surface area contributed by atoms with Crippen LogP contribution in [0.3, 0.4) is 0 Å². The van der Waals surface area contributed by atoms with E-state index in [1.54, 1.807) is 14.0 Å². The van der Waals surface area contributed by atoms with Crippen molar-refractivity contribution in [2.75, 3.05) is 39.5 Å². The van der Waals surface area contributed by atoms with E-state index in [0.717, 1.165) is 17.3 Å². The molecule has 2 N–H and O–H groups in total. The van der Waals surface area contributed by atoms with Crippen molar-refractivity contribution >= 4 is 16.0 Å². The highest BCUT2D eigenvalue weighted by atomic mass is 32.2. The number of hydrogen-bond donors (Lipinski definition) is 2. The summed E-state index contributed by atoms with van der Waals surface area (Å²) in [5.41, 5.74) is 1.16. The summed E-state index contributed by atoms with van der Waals surface area (Å²) >= 11 is 0. The van der Waals surface area contributed by atoms with Gasteiger partial charge in [-0.15, -0.1) is 0 Å². The van der Waals surface area contributed by atoms with Gasteiger partial charge in [-0.3, -0.25) is 4.99 Å². The first-order chi connectivity index (χ1) is 11.9. The van der Waals surface area contributed by atoms with Gasteiger partial charge in [-0.25, -0.2) is 13.1 Å². The summed E-state index contributed by atoms with van der Waals surface area (Å²) in [7, 11) is 0.578. The molecule has 8 heteroatoms. The molecular formula is C17H30N4O3S. The number of guanidine groups is 1. The van der Waals surface area contributed by atoms with Gasteiger partial charge in [0.25, 0.3) is 0 Å². The van der Waals surface area contributed by atoms with Crippen LogP contribution >= 0.6 is 0 Å². The van der Waals surface area contributed by atoms with Crippen LogP contribution in [0.15, 0.2) is 29.3 Å². The molecule has 0 saturated carbocycles. The largest absolute Gasteiger partial charge is 0.494 e. The molecule has 0 amide bonds. The molecule has 7 nitrogen and oxygen atoms in total. The van der Waals surface area contributed by atoms with E-state index in [0.29, 0.717) is 32.7 Å². The first-order valence-corrected chi connectivity index (χ1v) is 10.2. The van der Waals surface area contributed by atoms with Crippen molar-refractivity contribution in [1.82, 2.24) is 14.9 Å². The zero-order chi connectivity index (χ0) is 18.7. The van der Waals surface area contributed by atoms with Gasteiger partial charge in [0.15, 0.2) is 5.96 Å². The Hall–Kier alpha value is -1.80. The Morgan fingerprint density at radius 3 is 2.44 bits per heavy atom. The summed E-state index contributed by atoms with van der Waals surface area (Å²) in [5.74, 6) is 1.74. The second-order valence-electron chi connectivity index (χ2n) is 5.56. The number of aliphatic imine (C=N–C) groups is 1. The third-order valence-corrected chi connectivity index (χ3v) is 4.97. The van der Waals surface area contributed by atoms with E-state index < -0.39 is 10.0 Å². The molecule has 1 aromatic rings. The van der Waals surface area contributed by atoms with Crippen molar-refractivity contribution in [1.29, 1.82) is 0 Å². The Bertz CT molecular complexity index is 630. The molecule has 0 aromatic heterocycles. The normalized spacial score (nSPS) is 12.1. The highest BCUT2D eigenvalue weighted by molar-refractivity contribution is 7.89. The fourth-order valence-electron chi connectivity index (χ4n) is 2.21. The maximum atomic E-state index is 11.4. The molecule has 0 heterocycles. The smallest absolute Gasteiger partial charge is 0.211 e. The third-order valence-electron chi connectivity index (χ3n) is 3.57. The van der Waals surface area contributed by atoms with Crippen LogP contribution in [-0.4, -0.2) is 58.8 Å². The molecule has 1 aromatic carbocycles. The van der Waals surface area contributed by atoms with Gasteiger partial charge in [0.2, 0.25) is 10.0 Å². The first-order valence-electron chi connectivity index (χ1n) is 8.52. The van der Waals surface area contributed by atoms with Crippen molar-refractivity contribution in [3.05, 3.63) is 29.8 Å². The van der Waals surface area contributed by atoms with Gasteiger partial charge in [0, 0.05) is 33.7 Å². The number of hydrogen-bond acceptors (Lipinski definition) is 4. The van der Waals surface area contributed by atoms with E-state index >= 15 is 0 Å². The summed E-state index contributed by atoms with van der Waals surface area (Å²) in [5, 5.41) is 3.24. The minimum Gasteiger partial charge on any atom is -0.494 e. The van der Waals surface area contributed by atoms with E-state index in [9.17, 15) is 8.42 Å².